The average Bonchev–Trinajstić information content (AvgIpc) is 3.27. The van der Waals surface area contributed by atoms with Crippen LogP contribution in [0.4, 0.5) is 0 Å². The maximum atomic E-state index is 12.2. The zero-order valence-corrected chi connectivity index (χ0v) is 13.0. The van der Waals surface area contributed by atoms with Gasteiger partial charge in [-0.2, -0.15) is 0 Å². The molecule has 1 fully saturated rings. The van der Waals surface area contributed by atoms with E-state index in [0.717, 1.165) is 38.5 Å². The molecule has 0 saturated heterocycles. The fourth-order valence-electron chi connectivity index (χ4n) is 2.49. The van der Waals surface area contributed by atoms with Gasteiger partial charge in [0.1, 0.15) is 5.78 Å². The Balaban J connectivity index is 2.26. The second kappa shape index (κ2) is 8.75. The third-order valence-electron chi connectivity index (χ3n) is 3.99. The molecule has 21 heavy (non-hydrogen) atoms. The molecule has 1 aliphatic rings. The second-order valence-electron chi connectivity index (χ2n) is 5.65. The lowest BCUT2D eigenvalue weighted by Crippen LogP contribution is -2.33. The molecule has 0 aromatic heterocycles. The largest absolute Gasteiger partial charge is 0.460 e. The summed E-state index contributed by atoms with van der Waals surface area (Å²) in [7, 11) is 0. The molecular formula is C17H26O4. The van der Waals surface area contributed by atoms with Crippen molar-refractivity contribution in [1.29, 1.82) is 0 Å². The Morgan fingerprint density at radius 3 is 2.29 bits per heavy atom. The maximum Gasteiger partial charge on any atom is 0.375 e. The van der Waals surface area contributed by atoms with Gasteiger partial charge in [-0.3, -0.25) is 9.59 Å². The molecule has 0 aromatic carbocycles. The summed E-state index contributed by atoms with van der Waals surface area (Å²) in [6, 6.07) is 0. The van der Waals surface area contributed by atoms with E-state index in [4.69, 9.17) is 4.74 Å². The van der Waals surface area contributed by atoms with Crippen molar-refractivity contribution in [2.24, 2.45) is 5.41 Å². The van der Waals surface area contributed by atoms with Gasteiger partial charge in [0.25, 0.3) is 5.78 Å². The molecular weight excluding hydrogens is 268 g/mol. The monoisotopic (exact) mass is 294 g/mol. The first-order chi connectivity index (χ1) is 10.1. The number of ether oxygens (including phenoxy) is 1. The number of Topliss-reactive ketones (excluding diaryl/α,β-unsaturated/α-hetero) is 2. The third kappa shape index (κ3) is 5.10. The van der Waals surface area contributed by atoms with Crippen molar-refractivity contribution in [2.45, 2.75) is 64.7 Å². The molecule has 0 atom stereocenters. The lowest BCUT2D eigenvalue weighted by molar-refractivity contribution is -0.157. The van der Waals surface area contributed by atoms with Crippen molar-refractivity contribution in [2.75, 3.05) is 6.61 Å². The minimum atomic E-state index is -1.03. The van der Waals surface area contributed by atoms with Gasteiger partial charge in [0.05, 0.1) is 12.0 Å². The number of unbranched alkanes of at least 4 members (excludes halogenated alkanes) is 5. The normalized spacial score (nSPS) is 15.3. The van der Waals surface area contributed by atoms with Crippen LogP contribution < -0.4 is 0 Å². The van der Waals surface area contributed by atoms with Gasteiger partial charge in [-0.15, -0.1) is 6.58 Å². The molecule has 0 N–H and O–H groups in total. The first-order valence-electron chi connectivity index (χ1n) is 7.94. The highest BCUT2D eigenvalue weighted by Crippen LogP contribution is 2.48. The molecule has 1 rings (SSSR count). The van der Waals surface area contributed by atoms with E-state index in [9.17, 15) is 14.4 Å². The van der Waals surface area contributed by atoms with Crippen molar-refractivity contribution in [3.63, 3.8) is 0 Å². The van der Waals surface area contributed by atoms with Crippen molar-refractivity contribution < 1.29 is 19.1 Å². The van der Waals surface area contributed by atoms with E-state index < -0.39 is 17.2 Å². The standard InChI is InChI=1S/C17H26O4/c1-3-5-6-7-8-9-10-11-14(18)17(12-13-17)15(19)16(20)21-4-2/h3H,1,4-13H2,2H3. The fraction of sp³-hybridized carbons (Fsp3) is 0.706. The van der Waals surface area contributed by atoms with Crippen LogP contribution in [-0.4, -0.2) is 24.1 Å². The van der Waals surface area contributed by atoms with E-state index >= 15 is 0 Å². The number of carbonyl (C=O) groups excluding carboxylic acids is 3. The van der Waals surface area contributed by atoms with Gasteiger partial charge in [-0.05, 0) is 39.0 Å². The summed E-state index contributed by atoms with van der Waals surface area (Å²) in [6.07, 6.45) is 9.53. The van der Waals surface area contributed by atoms with E-state index in [1.807, 2.05) is 6.08 Å². The van der Waals surface area contributed by atoms with E-state index in [0.29, 0.717) is 19.3 Å². The molecule has 0 bridgehead atoms. The molecule has 118 valence electrons. The molecule has 0 spiro atoms. The highest BCUT2D eigenvalue weighted by molar-refractivity contribution is 6.41. The quantitative estimate of drug-likeness (QED) is 0.182. The first kappa shape index (κ1) is 17.6. The molecule has 1 aliphatic carbocycles. The van der Waals surface area contributed by atoms with Gasteiger partial charge < -0.3 is 4.74 Å². The maximum absolute atomic E-state index is 12.2. The van der Waals surface area contributed by atoms with Crippen molar-refractivity contribution in [1.82, 2.24) is 0 Å². The number of esters is 1. The number of hydrogen-bond acceptors (Lipinski definition) is 4. The van der Waals surface area contributed by atoms with Crippen LogP contribution in [0, 0.1) is 5.41 Å². The Morgan fingerprint density at radius 1 is 1.10 bits per heavy atom. The van der Waals surface area contributed by atoms with Gasteiger partial charge in [-0.1, -0.05) is 25.3 Å². The Kier molecular flexibility index (Phi) is 7.34. The number of rotatable bonds is 12. The van der Waals surface area contributed by atoms with Gasteiger partial charge in [0.15, 0.2) is 0 Å². The summed E-state index contributed by atoms with van der Waals surface area (Å²) in [5, 5.41) is 0. The highest BCUT2D eigenvalue weighted by Gasteiger charge is 2.57. The van der Waals surface area contributed by atoms with E-state index in [-0.39, 0.29) is 12.4 Å². The minimum absolute atomic E-state index is 0.0772. The zero-order valence-electron chi connectivity index (χ0n) is 13.0. The van der Waals surface area contributed by atoms with Crippen molar-refractivity contribution in [3.8, 4) is 0 Å². The molecule has 0 amide bonds. The molecule has 0 aliphatic heterocycles. The number of allylic oxidation sites excluding steroid dienone is 1. The molecule has 4 heteroatoms. The van der Waals surface area contributed by atoms with Crippen LogP contribution in [0.5, 0.6) is 0 Å². The second-order valence-corrected chi connectivity index (χ2v) is 5.65. The molecule has 0 heterocycles. The Hall–Kier alpha value is -1.45. The van der Waals surface area contributed by atoms with Crippen molar-refractivity contribution in [3.05, 3.63) is 12.7 Å². The summed E-state index contributed by atoms with van der Waals surface area (Å²) in [4.78, 5) is 35.6. The van der Waals surface area contributed by atoms with E-state index in [1.54, 1.807) is 6.92 Å². The SMILES string of the molecule is C=CCCCCCCCC(=O)C1(C(=O)C(=O)OCC)CC1. The van der Waals surface area contributed by atoms with E-state index in [2.05, 4.69) is 6.58 Å². The molecule has 0 unspecified atom stereocenters. The van der Waals surface area contributed by atoms with Crippen molar-refractivity contribution >= 4 is 17.5 Å². The predicted molar refractivity (Wildman–Crippen MR) is 80.8 cm³/mol. The van der Waals surface area contributed by atoms with Crippen LogP contribution >= 0.6 is 0 Å². The Labute approximate surface area is 126 Å². The smallest absolute Gasteiger partial charge is 0.375 e. The lowest BCUT2D eigenvalue weighted by Gasteiger charge is -2.11. The van der Waals surface area contributed by atoms with Gasteiger partial charge >= 0.3 is 5.97 Å². The predicted octanol–water partition coefficient (Wildman–Crippen LogP) is 3.38. The average molecular weight is 294 g/mol. The van der Waals surface area contributed by atoms with Crippen LogP contribution in [0.2, 0.25) is 0 Å². The number of ketones is 2. The van der Waals surface area contributed by atoms with Gasteiger partial charge in [0.2, 0.25) is 0 Å². The van der Waals surface area contributed by atoms with Crippen LogP contribution in [0.1, 0.15) is 64.7 Å². The summed E-state index contributed by atoms with van der Waals surface area (Å²) >= 11 is 0. The van der Waals surface area contributed by atoms with Crippen LogP contribution in [-0.2, 0) is 19.1 Å². The molecule has 1 saturated carbocycles. The molecule has 0 radical (unpaired) electrons. The highest BCUT2D eigenvalue weighted by atomic mass is 16.5. The number of hydrogen-bond donors (Lipinski definition) is 0. The lowest BCUT2D eigenvalue weighted by atomic mass is 9.91. The van der Waals surface area contributed by atoms with Gasteiger partial charge in [0, 0.05) is 6.42 Å². The summed E-state index contributed by atoms with van der Waals surface area (Å²) < 4.78 is 4.71. The zero-order chi connectivity index (χ0) is 15.7. The van der Waals surface area contributed by atoms with Crippen LogP contribution in [0.3, 0.4) is 0 Å². The molecule has 4 nitrogen and oxygen atoms in total. The topological polar surface area (TPSA) is 60.4 Å². The minimum Gasteiger partial charge on any atom is -0.460 e. The number of carbonyl (C=O) groups is 3. The summed E-state index contributed by atoms with van der Waals surface area (Å²) in [5.41, 5.74) is -1.03. The first-order valence-corrected chi connectivity index (χ1v) is 7.94. The Bertz CT molecular complexity index is 394. The van der Waals surface area contributed by atoms with E-state index in [1.165, 1.54) is 0 Å². The summed E-state index contributed by atoms with van der Waals surface area (Å²) in [6.45, 7) is 5.50. The van der Waals surface area contributed by atoms with Crippen LogP contribution in [0.25, 0.3) is 0 Å². The van der Waals surface area contributed by atoms with Gasteiger partial charge in [-0.25, -0.2) is 4.79 Å². The Morgan fingerprint density at radius 2 is 1.71 bits per heavy atom. The fourth-order valence-corrected chi connectivity index (χ4v) is 2.49. The molecule has 0 aromatic rings. The third-order valence-corrected chi connectivity index (χ3v) is 3.99. The van der Waals surface area contributed by atoms with Crippen LogP contribution in [0.15, 0.2) is 12.7 Å². The summed E-state index contributed by atoms with van der Waals surface area (Å²) in [5.74, 6) is -1.57.